The summed E-state index contributed by atoms with van der Waals surface area (Å²) in [6.45, 7) is 2.15. The first-order chi connectivity index (χ1) is 6.92. The number of aromatic nitrogens is 4. The van der Waals surface area contributed by atoms with Crippen LogP contribution in [0.1, 0.15) is 18.9 Å². The molecule has 0 fully saturated rings. The van der Waals surface area contributed by atoms with E-state index in [0.717, 1.165) is 18.5 Å². The van der Waals surface area contributed by atoms with Gasteiger partial charge in [-0.05, 0) is 18.1 Å². The van der Waals surface area contributed by atoms with Gasteiger partial charge in [-0.15, -0.1) is 0 Å². The quantitative estimate of drug-likeness (QED) is 0.735. The van der Waals surface area contributed by atoms with Crippen molar-refractivity contribution in [3.63, 3.8) is 0 Å². The molecule has 0 aliphatic rings. The molecule has 14 heavy (non-hydrogen) atoms. The summed E-state index contributed by atoms with van der Waals surface area (Å²) in [7, 11) is 0. The van der Waals surface area contributed by atoms with Gasteiger partial charge in [0.15, 0.2) is 0 Å². The Balaban J connectivity index is 2.42. The van der Waals surface area contributed by atoms with E-state index in [1.54, 1.807) is 17.2 Å². The van der Waals surface area contributed by atoms with Crippen molar-refractivity contribution in [3.05, 3.63) is 36.7 Å². The first kappa shape index (κ1) is 8.87. The molecule has 0 aliphatic carbocycles. The number of aryl methyl sites for hydroxylation is 1. The average Bonchev–Trinajstić information content (AvgIpc) is 2.72. The van der Waals surface area contributed by atoms with E-state index in [1.165, 1.54) is 11.9 Å². The van der Waals surface area contributed by atoms with Crippen LogP contribution in [0.25, 0.3) is 5.69 Å². The Kier molecular flexibility index (Phi) is 2.53. The van der Waals surface area contributed by atoms with Gasteiger partial charge in [-0.2, -0.15) is 5.10 Å². The van der Waals surface area contributed by atoms with E-state index in [0.29, 0.717) is 0 Å². The Morgan fingerprint density at radius 3 is 3.00 bits per heavy atom. The summed E-state index contributed by atoms with van der Waals surface area (Å²) >= 11 is 0. The molecule has 0 spiro atoms. The molecule has 2 rings (SSSR count). The first-order valence-electron chi connectivity index (χ1n) is 4.69. The van der Waals surface area contributed by atoms with E-state index in [9.17, 15) is 0 Å². The summed E-state index contributed by atoms with van der Waals surface area (Å²) in [5, 5.41) is 4.11. The van der Waals surface area contributed by atoms with Crippen molar-refractivity contribution >= 4 is 0 Å². The molecule has 2 aromatic rings. The zero-order valence-electron chi connectivity index (χ0n) is 8.09. The maximum atomic E-state index is 4.11. The van der Waals surface area contributed by atoms with Crippen molar-refractivity contribution < 1.29 is 0 Å². The fourth-order valence-corrected chi connectivity index (χ4v) is 1.44. The molecule has 4 nitrogen and oxygen atoms in total. The molecule has 0 saturated carbocycles. The third kappa shape index (κ3) is 1.64. The van der Waals surface area contributed by atoms with Gasteiger partial charge in [-0.3, -0.25) is 4.98 Å². The van der Waals surface area contributed by atoms with Crippen LogP contribution in [0, 0.1) is 0 Å². The zero-order chi connectivity index (χ0) is 9.80. The maximum Gasteiger partial charge on any atom is 0.138 e. The second-order valence-corrected chi connectivity index (χ2v) is 3.09. The summed E-state index contributed by atoms with van der Waals surface area (Å²) in [6, 6.07) is 1.96. The highest BCUT2D eigenvalue weighted by molar-refractivity contribution is 5.37. The summed E-state index contributed by atoms with van der Waals surface area (Å²) < 4.78 is 1.77. The molecule has 0 aromatic carbocycles. The smallest absolute Gasteiger partial charge is 0.138 e. The van der Waals surface area contributed by atoms with Crippen LogP contribution in [-0.4, -0.2) is 19.7 Å². The molecule has 0 atom stereocenters. The normalized spacial score (nSPS) is 10.4. The van der Waals surface area contributed by atoms with Crippen molar-refractivity contribution in [2.75, 3.05) is 0 Å². The molecule has 0 aliphatic heterocycles. The second kappa shape index (κ2) is 4.00. The van der Waals surface area contributed by atoms with Gasteiger partial charge in [0.25, 0.3) is 0 Å². The lowest BCUT2D eigenvalue weighted by atomic mass is 10.1. The lowest BCUT2D eigenvalue weighted by molar-refractivity contribution is 0.832. The highest BCUT2D eigenvalue weighted by Crippen LogP contribution is 2.12. The Morgan fingerprint density at radius 1 is 1.36 bits per heavy atom. The van der Waals surface area contributed by atoms with Gasteiger partial charge in [-0.1, -0.05) is 13.3 Å². The minimum absolute atomic E-state index is 1.02. The van der Waals surface area contributed by atoms with Gasteiger partial charge >= 0.3 is 0 Å². The highest BCUT2D eigenvalue weighted by Gasteiger charge is 2.03. The van der Waals surface area contributed by atoms with E-state index in [-0.39, 0.29) is 0 Å². The summed E-state index contributed by atoms with van der Waals surface area (Å²) in [5.74, 6) is 0. The van der Waals surface area contributed by atoms with Crippen molar-refractivity contribution in [2.24, 2.45) is 0 Å². The number of hydrogen-bond acceptors (Lipinski definition) is 3. The number of nitrogens with zero attached hydrogens (tertiary/aromatic N) is 4. The monoisotopic (exact) mass is 188 g/mol. The molecular formula is C10H12N4. The third-order valence-corrected chi connectivity index (χ3v) is 2.06. The second-order valence-electron chi connectivity index (χ2n) is 3.09. The van der Waals surface area contributed by atoms with E-state index < -0.39 is 0 Å². The van der Waals surface area contributed by atoms with Crippen LogP contribution in [-0.2, 0) is 6.42 Å². The van der Waals surface area contributed by atoms with Gasteiger partial charge in [0.05, 0.1) is 5.69 Å². The predicted molar refractivity (Wildman–Crippen MR) is 53.1 cm³/mol. The van der Waals surface area contributed by atoms with Crippen molar-refractivity contribution in [2.45, 2.75) is 19.8 Å². The summed E-state index contributed by atoms with van der Waals surface area (Å²) in [4.78, 5) is 8.04. The lowest BCUT2D eigenvalue weighted by Gasteiger charge is -2.06. The molecule has 2 heterocycles. The predicted octanol–water partition coefficient (Wildman–Crippen LogP) is 1.61. The average molecular weight is 188 g/mol. The molecule has 0 bridgehead atoms. The van der Waals surface area contributed by atoms with Crippen molar-refractivity contribution in [1.29, 1.82) is 0 Å². The molecule has 72 valence electrons. The standard InChI is InChI=1S/C10H12N4/c1-2-3-9-6-11-5-4-10(9)14-8-12-7-13-14/h4-8H,2-3H2,1H3. The summed E-state index contributed by atoms with van der Waals surface area (Å²) in [6.07, 6.45) is 9.03. The SMILES string of the molecule is CCCc1cnccc1-n1cncn1. The Morgan fingerprint density at radius 2 is 2.29 bits per heavy atom. The molecular weight excluding hydrogens is 176 g/mol. The van der Waals surface area contributed by atoms with Crippen LogP contribution >= 0.6 is 0 Å². The van der Waals surface area contributed by atoms with E-state index in [4.69, 9.17) is 0 Å². The Labute approximate surface area is 82.6 Å². The van der Waals surface area contributed by atoms with Gasteiger partial charge in [-0.25, -0.2) is 9.67 Å². The lowest BCUT2D eigenvalue weighted by Crippen LogP contribution is -2.00. The van der Waals surface area contributed by atoms with E-state index >= 15 is 0 Å². The van der Waals surface area contributed by atoms with E-state index in [1.807, 2.05) is 12.3 Å². The molecule has 2 aromatic heterocycles. The van der Waals surface area contributed by atoms with Crippen LogP contribution in [0.5, 0.6) is 0 Å². The number of pyridine rings is 1. The molecule has 0 radical (unpaired) electrons. The van der Waals surface area contributed by atoms with Crippen LogP contribution in [0.15, 0.2) is 31.1 Å². The fourth-order valence-electron chi connectivity index (χ4n) is 1.44. The topological polar surface area (TPSA) is 43.6 Å². The molecule has 0 N–H and O–H groups in total. The van der Waals surface area contributed by atoms with Crippen LogP contribution in [0.4, 0.5) is 0 Å². The minimum atomic E-state index is 1.02. The molecule has 0 amide bonds. The fraction of sp³-hybridized carbons (Fsp3) is 0.300. The molecule has 4 heteroatoms. The van der Waals surface area contributed by atoms with Crippen LogP contribution in [0.2, 0.25) is 0 Å². The van der Waals surface area contributed by atoms with Gasteiger partial charge < -0.3 is 0 Å². The highest BCUT2D eigenvalue weighted by atomic mass is 15.3. The van der Waals surface area contributed by atoms with Crippen LogP contribution in [0.3, 0.4) is 0 Å². The minimum Gasteiger partial charge on any atom is -0.264 e. The zero-order valence-corrected chi connectivity index (χ0v) is 8.09. The first-order valence-corrected chi connectivity index (χ1v) is 4.69. The van der Waals surface area contributed by atoms with Gasteiger partial charge in [0, 0.05) is 12.4 Å². The van der Waals surface area contributed by atoms with Gasteiger partial charge in [0.2, 0.25) is 0 Å². The largest absolute Gasteiger partial charge is 0.264 e. The van der Waals surface area contributed by atoms with Crippen molar-refractivity contribution in [1.82, 2.24) is 19.7 Å². The Bertz CT molecular complexity index is 394. The molecule has 0 saturated heterocycles. The number of hydrogen-bond donors (Lipinski definition) is 0. The Hall–Kier alpha value is -1.71. The van der Waals surface area contributed by atoms with Gasteiger partial charge in [0.1, 0.15) is 12.7 Å². The van der Waals surface area contributed by atoms with Crippen molar-refractivity contribution in [3.8, 4) is 5.69 Å². The van der Waals surface area contributed by atoms with Crippen LogP contribution < -0.4 is 0 Å². The summed E-state index contributed by atoms with van der Waals surface area (Å²) in [5.41, 5.74) is 2.28. The third-order valence-electron chi connectivity index (χ3n) is 2.06. The number of rotatable bonds is 3. The molecule has 0 unspecified atom stereocenters. The maximum absolute atomic E-state index is 4.11. The van der Waals surface area contributed by atoms with E-state index in [2.05, 4.69) is 22.0 Å².